The maximum atomic E-state index is 11.5. The lowest BCUT2D eigenvalue weighted by Crippen LogP contribution is -2.42. The van der Waals surface area contributed by atoms with Gasteiger partial charge in [-0.25, -0.2) is 0 Å². The van der Waals surface area contributed by atoms with Crippen LogP contribution in [0.2, 0.25) is 0 Å². The van der Waals surface area contributed by atoms with Gasteiger partial charge in [0.25, 0.3) is 0 Å². The van der Waals surface area contributed by atoms with Crippen LogP contribution in [0, 0.1) is 5.92 Å². The van der Waals surface area contributed by atoms with Gasteiger partial charge in [-0.05, 0) is 30.7 Å². The zero-order valence-electron chi connectivity index (χ0n) is 10.8. The van der Waals surface area contributed by atoms with Crippen molar-refractivity contribution < 1.29 is 14.6 Å². The molecule has 1 saturated carbocycles. The molecular formula is C15H19NO3. The normalized spacial score (nSPS) is 28.2. The molecule has 1 aromatic rings. The van der Waals surface area contributed by atoms with E-state index < -0.39 is 12.0 Å². The minimum Gasteiger partial charge on any atom is -0.480 e. The Bertz CT molecular complexity index is 444. The third kappa shape index (κ3) is 2.80. The van der Waals surface area contributed by atoms with Crippen LogP contribution in [0.15, 0.2) is 30.3 Å². The molecule has 0 aromatic heterocycles. The van der Waals surface area contributed by atoms with Crippen molar-refractivity contribution in [3.05, 3.63) is 35.9 Å². The summed E-state index contributed by atoms with van der Waals surface area (Å²) in [6.07, 6.45) is 3.53. The quantitative estimate of drug-likeness (QED) is 0.850. The maximum absolute atomic E-state index is 11.5. The molecule has 1 aliphatic heterocycles. The van der Waals surface area contributed by atoms with E-state index in [0.717, 1.165) is 18.6 Å². The van der Waals surface area contributed by atoms with Gasteiger partial charge in [-0.3, -0.25) is 10.1 Å². The summed E-state index contributed by atoms with van der Waals surface area (Å²) in [5, 5.41) is 12.7. The summed E-state index contributed by atoms with van der Waals surface area (Å²) < 4.78 is 5.75. The van der Waals surface area contributed by atoms with Gasteiger partial charge in [-0.2, -0.15) is 0 Å². The van der Waals surface area contributed by atoms with Gasteiger partial charge in [-0.15, -0.1) is 0 Å². The molecule has 0 amide bonds. The fourth-order valence-corrected chi connectivity index (χ4v) is 2.85. The largest absolute Gasteiger partial charge is 0.480 e. The van der Waals surface area contributed by atoms with Crippen LogP contribution in [-0.2, 0) is 9.53 Å². The first-order valence-electron chi connectivity index (χ1n) is 6.91. The number of aliphatic carboxylic acids is 1. The Morgan fingerprint density at radius 3 is 2.63 bits per heavy atom. The van der Waals surface area contributed by atoms with Crippen LogP contribution in [0.3, 0.4) is 0 Å². The summed E-state index contributed by atoms with van der Waals surface area (Å²) in [5.74, 6) is -0.196. The lowest BCUT2D eigenvalue weighted by Gasteiger charge is -2.24. The molecule has 0 bridgehead atoms. The molecule has 102 valence electrons. The molecular weight excluding hydrogens is 242 g/mol. The number of benzene rings is 1. The molecule has 1 heterocycles. The zero-order chi connectivity index (χ0) is 13.2. The van der Waals surface area contributed by atoms with Gasteiger partial charge in [0.1, 0.15) is 6.04 Å². The first kappa shape index (κ1) is 12.6. The molecule has 1 aliphatic carbocycles. The van der Waals surface area contributed by atoms with Crippen LogP contribution in [0.1, 0.15) is 30.9 Å². The maximum Gasteiger partial charge on any atom is 0.325 e. The Labute approximate surface area is 112 Å². The second-order valence-electron chi connectivity index (χ2n) is 5.42. The van der Waals surface area contributed by atoms with E-state index in [-0.39, 0.29) is 12.1 Å². The molecule has 19 heavy (non-hydrogen) atoms. The van der Waals surface area contributed by atoms with Crippen LogP contribution in [0.4, 0.5) is 0 Å². The molecule has 1 aromatic carbocycles. The van der Waals surface area contributed by atoms with Crippen molar-refractivity contribution in [1.29, 1.82) is 0 Å². The van der Waals surface area contributed by atoms with Gasteiger partial charge < -0.3 is 9.84 Å². The third-order valence-electron chi connectivity index (χ3n) is 3.98. The van der Waals surface area contributed by atoms with E-state index in [9.17, 15) is 9.90 Å². The van der Waals surface area contributed by atoms with E-state index in [1.54, 1.807) is 0 Å². The zero-order valence-corrected chi connectivity index (χ0v) is 10.8. The Hall–Kier alpha value is -1.39. The van der Waals surface area contributed by atoms with E-state index in [4.69, 9.17) is 4.74 Å². The van der Waals surface area contributed by atoms with Gasteiger partial charge in [0.2, 0.25) is 0 Å². The highest BCUT2D eigenvalue weighted by Crippen LogP contribution is 2.39. The molecule has 4 nitrogen and oxygen atoms in total. The van der Waals surface area contributed by atoms with Gasteiger partial charge >= 0.3 is 5.97 Å². The predicted molar refractivity (Wildman–Crippen MR) is 70.8 cm³/mol. The molecule has 3 rings (SSSR count). The number of rotatable bonds is 5. The average Bonchev–Trinajstić information content (AvgIpc) is 3.16. The van der Waals surface area contributed by atoms with Crippen LogP contribution in [0.25, 0.3) is 0 Å². The summed E-state index contributed by atoms with van der Waals surface area (Å²) in [6.45, 7) is 0.736. The molecule has 0 radical (unpaired) electrons. The molecule has 4 heteroatoms. The van der Waals surface area contributed by atoms with Crippen LogP contribution in [0.5, 0.6) is 0 Å². The van der Waals surface area contributed by atoms with Crippen molar-refractivity contribution in [3.8, 4) is 0 Å². The molecule has 0 spiro atoms. The average molecular weight is 261 g/mol. The Kier molecular flexibility index (Phi) is 3.53. The van der Waals surface area contributed by atoms with E-state index in [2.05, 4.69) is 5.32 Å². The first-order valence-corrected chi connectivity index (χ1v) is 6.91. The fraction of sp³-hybridized carbons (Fsp3) is 0.533. The molecule has 2 N–H and O–H groups in total. The van der Waals surface area contributed by atoms with Gasteiger partial charge in [0, 0.05) is 12.6 Å². The molecule has 2 aliphatic rings. The number of carboxylic acids is 1. The highest BCUT2D eigenvalue weighted by atomic mass is 16.5. The molecule has 3 atom stereocenters. The lowest BCUT2D eigenvalue weighted by atomic mass is 10.0. The van der Waals surface area contributed by atoms with Gasteiger partial charge in [-0.1, -0.05) is 30.3 Å². The molecule has 1 saturated heterocycles. The van der Waals surface area contributed by atoms with Crippen molar-refractivity contribution in [2.45, 2.75) is 37.5 Å². The number of ether oxygens (including phenoxy) is 1. The Morgan fingerprint density at radius 1 is 1.26 bits per heavy atom. The van der Waals surface area contributed by atoms with Crippen molar-refractivity contribution in [1.82, 2.24) is 5.32 Å². The highest BCUT2D eigenvalue weighted by Gasteiger charge is 2.41. The SMILES string of the molecule is O=C(O)C(NC1CCOC1C1CC1)c1ccccc1. The first-order chi connectivity index (χ1) is 9.25. The second kappa shape index (κ2) is 5.31. The van der Waals surface area contributed by atoms with E-state index in [0.29, 0.717) is 5.92 Å². The van der Waals surface area contributed by atoms with Crippen molar-refractivity contribution >= 4 is 5.97 Å². The van der Waals surface area contributed by atoms with Crippen molar-refractivity contribution in [3.63, 3.8) is 0 Å². The highest BCUT2D eigenvalue weighted by molar-refractivity contribution is 5.75. The van der Waals surface area contributed by atoms with Crippen molar-refractivity contribution in [2.75, 3.05) is 6.61 Å². The predicted octanol–water partition coefficient (Wildman–Crippen LogP) is 1.97. The number of hydrogen-bond donors (Lipinski definition) is 2. The summed E-state index contributed by atoms with van der Waals surface area (Å²) >= 11 is 0. The molecule has 3 unspecified atom stereocenters. The van der Waals surface area contributed by atoms with Crippen LogP contribution >= 0.6 is 0 Å². The standard InChI is InChI=1S/C15H19NO3/c17-15(18)13(10-4-2-1-3-5-10)16-12-8-9-19-14(12)11-6-7-11/h1-5,11-14,16H,6-9H2,(H,17,18). The lowest BCUT2D eigenvalue weighted by molar-refractivity contribution is -0.140. The van der Waals surface area contributed by atoms with E-state index in [1.165, 1.54) is 12.8 Å². The second-order valence-corrected chi connectivity index (χ2v) is 5.42. The number of carbonyl (C=O) groups is 1. The van der Waals surface area contributed by atoms with Crippen molar-refractivity contribution in [2.24, 2.45) is 5.92 Å². The topological polar surface area (TPSA) is 58.6 Å². The smallest absolute Gasteiger partial charge is 0.325 e. The summed E-state index contributed by atoms with van der Waals surface area (Å²) in [7, 11) is 0. The van der Waals surface area contributed by atoms with Crippen LogP contribution < -0.4 is 5.32 Å². The minimum absolute atomic E-state index is 0.161. The number of hydrogen-bond acceptors (Lipinski definition) is 3. The fourth-order valence-electron chi connectivity index (χ4n) is 2.85. The van der Waals surface area contributed by atoms with Crippen LogP contribution in [-0.4, -0.2) is 29.8 Å². The molecule has 2 fully saturated rings. The van der Waals surface area contributed by atoms with E-state index >= 15 is 0 Å². The minimum atomic E-state index is -0.826. The van der Waals surface area contributed by atoms with Gasteiger partial charge in [0.15, 0.2) is 0 Å². The number of nitrogens with one attached hydrogen (secondary N) is 1. The monoisotopic (exact) mass is 261 g/mol. The van der Waals surface area contributed by atoms with Gasteiger partial charge in [0.05, 0.1) is 6.10 Å². The Morgan fingerprint density at radius 2 is 2.00 bits per heavy atom. The Balaban J connectivity index is 1.73. The number of carboxylic acid groups (broad SMARTS) is 1. The third-order valence-corrected chi connectivity index (χ3v) is 3.98. The van der Waals surface area contributed by atoms with E-state index in [1.807, 2.05) is 30.3 Å². The summed E-state index contributed by atoms with van der Waals surface area (Å²) in [6, 6.07) is 8.87. The summed E-state index contributed by atoms with van der Waals surface area (Å²) in [4.78, 5) is 11.5. The summed E-state index contributed by atoms with van der Waals surface area (Å²) in [5.41, 5.74) is 0.802.